The molecule has 1 aromatic heterocycles. The van der Waals surface area contributed by atoms with E-state index in [0.29, 0.717) is 24.3 Å². The second kappa shape index (κ2) is 9.66. The number of alkyl halides is 1. The standard InChI is InChI=1S/C24H27F2N5O2/c1-13(23(32)31-20-6-5-19-17(20)3-7-22(27)30-19)29-24(33)21-11-15(8-9-28-21)14-2-4-18(26)16(10-14)12-25/h2-4,7,10-11,13,20-21,28H,5-6,8-9,12H2,1H3,(H2,27,30)(H,29,33)(H,31,32)/t13-,20+,21-/m0/s1. The van der Waals surface area contributed by atoms with E-state index in [1.165, 1.54) is 12.1 Å². The first-order valence-electron chi connectivity index (χ1n) is 11.0. The largest absolute Gasteiger partial charge is 0.384 e. The molecule has 1 aliphatic carbocycles. The van der Waals surface area contributed by atoms with Crippen LogP contribution in [0, 0.1) is 5.82 Å². The van der Waals surface area contributed by atoms with Crippen LogP contribution in [0.2, 0.25) is 0 Å². The van der Waals surface area contributed by atoms with E-state index in [1.54, 1.807) is 25.1 Å². The summed E-state index contributed by atoms with van der Waals surface area (Å²) in [6.07, 6.45) is 3.82. The van der Waals surface area contributed by atoms with Crippen molar-refractivity contribution >= 4 is 23.2 Å². The molecule has 3 atom stereocenters. The number of hydrogen-bond acceptors (Lipinski definition) is 5. The fourth-order valence-electron chi connectivity index (χ4n) is 4.29. The Labute approximate surface area is 190 Å². The first kappa shape index (κ1) is 22.8. The molecular formula is C24H27F2N5O2. The molecule has 2 aliphatic rings. The zero-order valence-corrected chi connectivity index (χ0v) is 18.3. The van der Waals surface area contributed by atoms with Gasteiger partial charge in [0, 0.05) is 17.8 Å². The number of nitrogen functional groups attached to an aromatic ring is 1. The lowest BCUT2D eigenvalue weighted by molar-refractivity contribution is -0.129. The fraction of sp³-hybridized carbons (Fsp3) is 0.375. The lowest BCUT2D eigenvalue weighted by Crippen LogP contribution is -2.52. The van der Waals surface area contributed by atoms with Gasteiger partial charge in [-0.3, -0.25) is 9.59 Å². The van der Waals surface area contributed by atoms with Crippen molar-refractivity contribution in [2.24, 2.45) is 0 Å². The van der Waals surface area contributed by atoms with Crippen LogP contribution in [-0.2, 0) is 22.7 Å². The third-order valence-electron chi connectivity index (χ3n) is 6.11. The number of aryl methyl sites for hydroxylation is 1. The molecule has 174 valence electrons. The summed E-state index contributed by atoms with van der Waals surface area (Å²) in [4.78, 5) is 29.8. The Balaban J connectivity index is 1.38. The van der Waals surface area contributed by atoms with E-state index < -0.39 is 24.6 Å². The fourth-order valence-corrected chi connectivity index (χ4v) is 4.29. The van der Waals surface area contributed by atoms with Gasteiger partial charge in [-0.15, -0.1) is 0 Å². The molecule has 0 fully saturated rings. The summed E-state index contributed by atoms with van der Waals surface area (Å²) in [5, 5.41) is 8.83. The number of carbonyl (C=O) groups excluding carboxylic acids is 2. The number of nitrogens with one attached hydrogen (secondary N) is 3. The van der Waals surface area contributed by atoms with Crippen molar-refractivity contribution in [3.05, 3.63) is 64.6 Å². The van der Waals surface area contributed by atoms with Gasteiger partial charge < -0.3 is 21.7 Å². The summed E-state index contributed by atoms with van der Waals surface area (Å²) >= 11 is 0. The zero-order chi connectivity index (χ0) is 23.5. The Hall–Kier alpha value is -3.33. The number of fused-ring (bicyclic) bond motifs is 1. The second-order valence-electron chi connectivity index (χ2n) is 8.42. The second-order valence-corrected chi connectivity index (χ2v) is 8.42. The number of nitrogens with zero attached hydrogens (tertiary/aromatic N) is 1. The molecule has 0 unspecified atom stereocenters. The van der Waals surface area contributed by atoms with Crippen LogP contribution in [0.1, 0.15) is 48.2 Å². The first-order valence-corrected chi connectivity index (χ1v) is 11.0. The Bertz CT molecular complexity index is 1100. The average Bonchev–Trinajstić information content (AvgIpc) is 3.20. The van der Waals surface area contributed by atoms with Crippen LogP contribution in [0.25, 0.3) is 5.57 Å². The molecule has 0 saturated heterocycles. The van der Waals surface area contributed by atoms with E-state index in [2.05, 4.69) is 20.9 Å². The number of rotatable bonds is 6. The number of nitrogens with two attached hydrogens (primary N) is 1. The van der Waals surface area contributed by atoms with E-state index in [-0.39, 0.29) is 23.4 Å². The van der Waals surface area contributed by atoms with Gasteiger partial charge >= 0.3 is 0 Å². The van der Waals surface area contributed by atoms with Gasteiger partial charge in [-0.2, -0.15) is 0 Å². The van der Waals surface area contributed by atoms with Crippen LogP contribution in [0.3, 0.4) is 0 Å². The van der Waals surface area contributed by atoms with Crippen molar-refractivity contribution < 1.29 is 18.4 Å². The predicted octanol–water partition coefficient (Wildman–Crippen LogP) is 2.33. The summed E-state index contributed by atoms with van der Waals surface area (Å²) < 4.78 is 26.6. The highest BCUT2D eigenvalue weighted by Gasteiger charge is 2.29. The van der Waals surface area contributed by atoms with Gasteiger partial charge in [0.1, 0.15) is 30.4 Å². The van der Waals surface area contributed by atoms with Crippen LogP contribution in [0.4, 0.5) is 14.6 Å². The number of anilines is 1. The Kier molecular flexibility index (Phi) is 6.69. The van der Waals surface area contributed by atoms with Crippen LogP contribution in [0.5, 0.6) is 0 Å². The maximum absolute atomic E-state index is 13.6. The smallest absolute Gasteiger partial charge is 0.242 e. The van der Waals surface area contributed by atoms with Gasteiger partial charge in [0.25, 0.3) is 0 Å². The van der Waals surface area contributed by atoms with Crippen LogP contribution < -0.4 is 21.7 Å². The van der Waals surface area contributed by atoms with Crippen molar-refractivity contribution in [3.63, 3.8) is 0 Å². The lowest BCUT2D eigenvalue weighted by atomic mass is 9.95. The van der Waals surface area contributed by atoms with E-state index in [4.69, 9.17) is 5.73 Å². The topological polar surface area (TPSA) is 109 Å². The van der Waals surface area contributed by atoms with Gasteiger partial charge in [-0.25, -0.2) is 13.8 Å². The molecule has 4 rings (SSSR count). The number of aromatic nitrogens is 1. The Morgan fingerprint density at radius 2 is 2.09 bits per heavy atom. The molecule has 7 nitrogen and oxygen atoms in total. The van der Waals surface area contributed by atoms with E-state index in [9.17, 15) is 18.4 Å². The van der Waals surface area contributed by atoms with Gasteiger partial charge in [-0.1, -0.05) is 18.2 Å². The normalized spacial score (nSPS) is 20.5. The van der Waals surface area contributed by atoms with E-state index >= 15 is 0 Å². The highest BCUT2D eigenvalue weighted by Crippen LogP contribution is 2.30. The molecule has 2 aromatic rings. The van der Waals surface area contributed by atoms with Gasteiger partial charge in [0.15, 0.2) is 0 Å². The molecule has 0 saturated carbocycles. The number of carbonyl (C=O) groups is 2. The molecular weight excluding hydrogens is 428 g/mol. The minimum absolute atomic E-state index is 0.00963. The van der Waals surface area contributed by atoms with Gasteiger partial charge in [0.2, 0.25) is 11.8 Å². The van der Waals surface area contributed by atoms with Crippen molar-refractivity contribution in [1.82, 2.24) is 20.9 Å². The Morgan fingerprint density at radius 1 is 1.27 bits per heavy atom. The molecule has 0 radical (unpaired) electrons. The monoisotopic (exact) mass is 455 g/mol. The predicted molar refractivity (Wildman–Crippen MR) is 121 cm³/mol. The molecule has 1 aromatic carbocycles. The molecule has 0 spiro atoms. The summed E-state index contributed by atoms with van der Waals surface area (Å²) in [6.45, 7) is 1.27. The van der Waals surface area contributed by atoms with Crippen molar-refractivity contribution in [2.45, 2.75) is 51.0 Å². The van der Waals surface area contributed by atoms with E-state index in [0.717, 1.165) is 29.7 Å². The molecule has 1 aliphatic heterocycles. The maximum Gasteiger partial charge on any atom is 0.242 e. The molecule has 2 heterocycles. The quantitative estimate of drug-likeness (QED) is 0.535. The maximum atomic E-state index is 13.6. The number of hydrogen-bond donors (Lipinski definition) is 4. The molecule has 5 N–H and O–H groups in total. The van der Waals surface area contributed by atoms with Crippen molar-refractivity contribution in [1.29, 1.82) is 0 Å². The van der Waals surface area contributed by atoms with Gasteiger partial charge in [-0.05, 0) is 61.1 Å². The Morgan fingerprint density at radius 3 is 2.88 bits per heavy atom. The van der Waals surface area contributed by atoms with Crippen molar-refractivity contribution in [3.8, 4) is 0 Å². The number of pyridine rings is 1. The number of benzene rings is 1. The van der Waals surface area contributed by atoms with E-state index in [1.807, 2.05) is 6.07 Å². The van der Waals surface area contributed by atoms with Crippen LogP contribution >= 0.6 is 0 Å². The average molecular weight is 456 g/mol. The number of halogens is 2. The van der Waals surface area contributed by atoms with Gasteiger partial charge in [0.05, 0.1) is 6.04 Å². The lowest BCUT2D eigenvalue weighted by Gasteiger charge is -2.25. The van der Waals surface area contributed by atoms with Crippen molar-refractivity contribution in [2.75, 3.05) is 12.3 Å². The zero-order valence-electron chi connectivity index (χ0n) is 18.3. The molecule has 9 heteroatoms. The third-order valence-corrected chi connectivity index (χ3v) is 6.11. The minimum Gasteiger partial charge on any atom is -0.384 e. The third kappa shape index (κ3) is 5.03. The molecule has 33 heavy (non-hydrogen) atoms. The summed E-state index contributed by atoms with van der Waals surface area (Å²) in [7, 11) is 0. The van der Waals surface area contributed by atoms with Crippen LogP contribution in [-0.4, -0.2) is 35.4 Å². The summed E-state index contributed by atoms with van der Waals surface area (Å²) in [5.74, 6) is -0.766. The SMILES string of the molecule is C[C@H](NC(=O)[C@@H]1C=C(c2ccc(F)c(CF)c2)CCN1)C(=O)N[C@@H]1CCc2nc(N)ccc21. The minimum atomic E-state index is -0.892. The van der Waals surface area contributed by atoms with Crippen LogP contribution in [0.15, 0.2) is 36.4 Å². The summed E-state index contributed by atoms with van der Waals surface area (Å²) in [6, 6.07) is 6.32. The number of amides is 2. The highest BCUT2D eigenvalue weighted by atomic mass is 19.1. The molecule has 0 bridgehead atoms. The first-order chi connectivity index (χ1) is 15.9. The molecule has 2 amide bonds. The summed E-state index contributed by atoms with van der Waals surface area (Å²) in [5.41, 5.74) is 9.07. The highest BCUT2D eigenvalue weighted by molar-refractivity contribution is 5.92.